The minimum absolute atomic E-state index is 0. The van der Waals surface area contributed by atoms with Crippen LogP contribution in [0.5, 0.6) is 0 Å². The standard InChI is InChI=1S/C16H13FN3O.H2O/c17-12-6-8-13(9-7-12)19-16(21)15-10-5-11-3-1-2-4-14(11)20(15)18-19;/h1-4,6-9,21H,5,10H2;1H2. The van der Waals surface area contributed by atoms with Crippen molar-refractivity contribution in [3.8, 4) is 0 Å². The van der Waals surface area contributed by atoms with E-state index in [2.05, 4.69) is 11.6 Å². The van der Waals surface area contributed by atoms with Crippen LogP contribution >= 0.6 is 0 Å². The van der Waals surface area contributed by atoms with Crippen LogP contribution in [0.3, 0.4) is 0 Å². The Bertz CT molecular complexity index is 730. The van der Waals surface area contributed by atoms with Gasteiger partial charge in [-0.3, -0.25) is 0 Å². The smallest absolute Gasteiger partial charge is 0.231 e. The van der Waals surface area contributed by atoms with E-state index in [0.29, 0.717) is 5.69 Å². The average Bonchev–Trinajstić information content (AvgIpc) is 2.86. The Kier molecular flexibility index (Phi) is 3.48. The van der Waals surface area contributed by atoms with Gasteiger partial charge in [-0.1, -0.05) is 18.2 Å². The first-order valence-corrected chi connectivity index (χ1v) is 6.81. The number of rotatable bonds is 1. The van der Waals surface area contributed by atoms with E-state index in [9.17, 15) is 9.50 Å². The molecule has 2 aliphatic rings. The van der Waals surface area contributed by atoms with Crippen molar-refractivity contribution in [2.75, 3.05) is 10.0 Å². The Hall–Kier alpha value is -2.57. The molecule has 0 aliphatic carbocycles. The molecule has 0 spiro atoms. The van der Waals surface area contributed by atoms with Gasteiger partial charge in [0.25, 0.3) is 0 Å². The Morgan fingerprint density at radius 3 is 2.45 bits per heavy atom. The van der Waals surface area contributed by atoms with Gasteiger partial charge in [-0.2, -0.15) is 0 Å². The Morgan fingerprint density at radius 1 is 0.955 bits per heavy atom. The summed E-state index contributed by atoms with van der Waals surface area (Å²) < 4.78 is 13.0. The number of anilines is 2. The molecule has 0 amide bonds. The monoisotopic (exact) mass is 300 g/mol. The maximum absolute atomic E-state index is 13.0. The molecule has 0 unspecified atom stereocenters. The van der Waals surface area contributed by atoms with E-state index in [1.807, 2.05) is 18.2 Å². The molecule has 3 N–H and O–H groups in total. The number of benzene rings is 2. The number of hydrogen-bond acceptors (Lipinski definition) is 3. The lowest BCUT2D eigenvalue weighted by Crippen LogP contribution is -2.36. The molecule has 2 aliphatic heterocycles. The first-order chi connectivity index (χ1) is 10.2. The molecule has 22 heavy (non-hydrogen) atoms. The summed E-state index contributed by atoms with van der Waals surface area (Å²) in [4.78, 5) is 0. The van der Waals surface area contributed by atoms with Gasteiger partial charge < -0.3 is 10.6 Å². The zero-order valence-corrected chi connectivity index (χ0v) is 11.7. The lowest BCUT2D eigenvalue weighted by molar-refractivity contribution is 0.385. The predicted molar refractivity (Wildman–Crippen MR) is 81.5 cm³/mol. The third-order valence-electron chi connectivity index (χ3n) is 3.82. The molecule has 6 heteroatoms. The normalized spacial score (nSPS) is 16.2. The van der Waals surface area contributed by atoms with Crippen LogP contribution < -0.4 is 15.6 Å². The molecule has 0 saturated heterocycles. The fraction of sp³-hybridized carbons (Fsp3) is 0.125. The van der Waals surface area contributed by atoms with Gasteiger partial charge in [0.2, 0.25) is 5.88 Å². The second-order valence-electron chi connectivity index (χ2n) is 5.09. The van der Waals surface area contributed by atoms with Crippen molar-refractivity contribution in [2.24, 2.45) is 0 Å². The summed E-state index contributed by atoms with van der Waals surface area (Å²) in [6.45, 7) is 0. The molecule has 0 aromatic heterocycles. The van der Waals surface area contributed by atoms with E-state index < -0.39 is 0 Å². The van der Waals surface area contributed by atoms with E-state index >= 15 is 0 Å². The van der Waals surface area contributed by atoms with Gasteiger partial charge in [0, 0.05) is 0 Å². The van der Waals surface area contributed by atoms with E-state index in [-0.39, 0.29) is 17.2 Å². The van der Waals surface area contributed by atoms with Crippen molar-refractivity contribution >= 4 is 11.4 Å². The van der Waals surface area contributed by atoms with Crippen molar-refractivity contribution in [1.29, 1.82) is 0 Å². The summed E-state index contributed by atoms with van der Waals surface area (Å²) in [5.74, 6) is -0.204. The predicted octanol–water partition coefficient (Wildman–Crippen LogP) is 2.44. The average molecular weight is 300 g/mol. The highest BCUT2D eigenvalue weighted by Gasteiger charge is 2.36. The molecule has 4 rings (SSSR count). The molecule has 113 valence electrons. The second-order valence-corrected chi connectivity index (χ2v) is 5.09. The molecule has 2 aromatic rings. The van der Waals surface area contributed by atoms with Gasteiger partial charge in [0.1, 0.15) is 11.5 Å². The number of aliphatic hydroxyl groups excluding tert-OH is 1. The van der Waals surface area contributed by atoms with Crippen LogP contribution in [0.15, 0.2) is 60.1 Å². The van der Waals surface area contributed by atoms with Crippen LogP contribution in [0, 0.1) is 5.82 Å². The summed E-state index contributed by atoms with van der Waals surface area (Å²) in [6, 6.07) is 13.9. The molecular weight excluding hydrogens is 285 g/mol. The SMILES string of the molecule is O.OC1=C2CCc3ccccc3N2[N]N1c1ccc(F)cc1. The first kappa shape index (κ1) is 14.4. The number of nitrogens with zero attached hydrogens (tertiary/aromatic N) is 3. The van der Waals surface area contributed by atoms with E-state index in [4.69, 9.17) is 0 Å². The molecule has 5 nitrogen and oxygen atoms in total. The topological polar surface area (TPSA) is 72.3 Å². The summed E-state index contributed by atoms with van der Waals surface area (Å²) in [5, 5.41) is 13.6. The molecule has 0 fully saturated rings. The highest BCUT2D eigenvalue weighted by molar-refractivity contribution is 5.65. The minimum Gasteiger partial charge on any atom is -0.492 e. The minimum atomic E-state index is -0.312. The zero-order valence-electron chi connectivity index (χ0n) is 11.7. The number of para-hydroxylation sites is 1. The molecule has 2 aromatic carbocycles. The van der Waals surface area contributed by atoms with Gasteiger partial charge in [0.05, 0.1) is 11.4 Å². The van der Waals surface area contributed by atoms with Crippen LogP contribution in [0.1, 0.15) is 12.0 Å². The number of aliphatic hydroxyl groups is 1. The molecule has 1 radical (unpaired) electrons. The number of allylic oxidation sites excluding steroid dienone is 1. The number of fused-ring (bicyclic) bond motifs is 3. The zero-order chi connectivity index (χ0) is 14.4. The van der Waals surface area contributed by atoms with Crippen LogP contribution in [-0.4, -0.2) is 10.6 Å². The molecule has 0 atom stereocenters. The van der Waals surface area contributed by atoms with Crippen molar-refractivity contribution in [2.45, 2.75) is 12.8 Å². The summed E-state index contributed by atoms with van der Waals surface area (Å²) >= 11 is 0. The van der Waals surface area contributed by atoms with E-state index in [1.165, 1.54) is 22.7 Å². The van der Waals surface area contributed by atoms with E-state index in [1.54, 1.807) is 17.1 Å². The Labute approximate surface area is 127 Å². The van der Waals surface area contributed by atoms with Gasteiger partial charge >= 0.3 is 0 Å². The lowest BCUT2D eigenvalue weighted by Gasteiger charge is -2.27. The number of halogens is 1. The Morgan fingerprint density at radius 2 is 1.68 bits per heavy atom. The van der Waals surface area contributed by atoms with Gasteiger partial charge in [-0.25, -0.2) is 14.4 Å². The van der Waals surface area contributed by atoms with Crippen molar-refractivity contribution in [3.63, 3.8) is 0 Å². The third-order valence-corrected chi connectivity index (χ3v) is 3.82. The first-order valence-electron chi connectivity index (χ1n) is 6.81. The fourth-order valence-electron chi connectivity index (χ4n) is 2.75. The number of aryl methyl sites for hydroxylation is 1. The Balaban J connectivity index is 0.00000144. The van der Waals surface area contributed by atoms with Gasteiger partial charge in [0.15, 0.2) is 0 Å². The fourth-order valence-corrected chi connectivity index (χ4v) is 2.75. The third kappa shape index (κ3) is 2.09. The van der Waals surface area contributed by atoms with Crippen LogP contribution in [0.2, 0.25) is 0 Å². The lowest BCUT2D eigenvalue weighted by atomic mass is 10.0. The van der Waals surface area contributed by atoms with Crippen molar-refractivity contribution in [1.82, 2.24) is 5.53 Å². The van der Waals surface area contributed by atoms with Gasteiger partial charge in [-0.05, 0) is 54.3 Å². The highest BCUT2D eigenvalue weighted by atomic mass is 19.1. The second kappa shape index (κ2) is 5.32. The van der Waals surface area contributed by atoms with Crippen LogP contribution in [-0.2, 0) is 6.42 Å². The van der Waals surface area contributed by atoms with Gasteiger partial charge in [-0.15, -0.1) is 0 Å². The quantitative estimate of drug-likeness (QED) is 0.879. The highest BCUT2D eigenvalue weighted by Crippen LogP contribution is 2.38. The summed E-state index contributed by atoms with van der Waals surface area (Å²) in [7, 11) is 0. The van der Waals surface area contributed by atoms with E-state index in [0.717, 1.165) is 24.2 Å². The maximum Gasteiger partial charge on any atom is 0.231 e. The summed E-state index contributed by atoms with van der Waals surface area (Å²) in [6.07, 6.45) is 1.60. The van der Waals surface area contributed by atoms with Crippen molar-refractivity contribution < 1.29 is 15.0 Å². The molecule has 0 bridgehead atoms. The summed E-state index contributed by atoms with van der Waals surface area (Å²) in [5.41, 5.74) is 8.05. The molecule has 0 saturated carbocycles. The van der Waals surface area contributed by atoms with Crippen LogP contribution in [0.4, 0.5) is 15.8 Å². The van der Waals surface area contributed by atoms with Crippen molar-refractivity contribution in [3.05, 3.63) is 71.5 Å². The van der Waals surface area contributed by atoms with Crippen LogP contribution in [0.25, 0.3) is 0 Å². The maximum atomic E-state index is 13.0. The number of hydrogen-bond donors (Lipinski definition) is 1. The largest absolute Gasteiger partial charge is 0.492 e. The molecular formula is C16H15FN3O2. The molecule has 2 heterocycles.